The fraction of sp³-hybridized carbons (Fsp3) is 1.00. The van der Waals surface area contributed by atoms with Crippen LogP contribution in [0.3, 0.4) is 0 Å². The van der Waals surface area contributed by atoms with Gasteiger partial charge in [0.2, 0.25) is 0 Å². The maximum Gasteiger partial charge on any atom is -0.00773 e. The van der Waals surface area contributed by atoms with Crippen molar-refractivity contribution in [3.8, 4) is 0 Å². The molecular formula is C17H37N. The van der Waals surface area contributed by atoms with E-state index in [1.807, 2.05) is 0 Å². The summed E-state index contributed by atoms with van der Waals surface area (Å²) in [5, 5.41) is 0. The van der Waals surface area contributed by atoms with Crippen LogP contribution < -0.4 is 5.73 Å². The van der Waals surface area contributed by atoms with Crippen molar-refractivity contribution in [2.24, 2.45) is 11.7 Å². The van der Waals surface area contributed by atoms with Crippen LogP contribution in [-0.2, 0) is 0 Å². The summed E-state index contributed by atoms with van der Waals surface area (Å²) in [6.45, 7) is 5.56. The van der Waals surface area contributed by atoms with Crippen LogP contribution in [0, 0.1) is 5.92 Å². The first-order valence-electron chi connectivity index (χ1n) is 8.51. The van der Waals surface area contributed by atoms with E-state index in [4.69, 9.17) is 5.73 Å². The van der Waals surface area contributed by atoms with Crippen LogP contribution in [0.2, 0.25) is 0 Å². The van der Waals surface area contributed by atoms with Gasteiger partial charge in [0.25, 0.3) is 0 Å². The molecule has 0 amide bonds. The second-order valence-electron chi connectivity index (χ2n) is 5.98. The summed E-state index contributed by atoms with van der Waals surface area (Å²) < 4.78 is 0. The molecule has 0 aromatic rings. The standard InChI is InChI=1S/C17H37N/c1-3-17(2)15-13-11-9-7-5-4-6-8-10-12-14-16-18/h17H,3-16,18H2,1-2H3. The van der Waals surface area contributed by atoms with E-state index in [0.717, 1.165) is 12.5 Å². The van der Waals surface area contributed by atoms with Crippen LogP contribution in [-0.4, -0.2) is 6.54 Å². The molecule has 0 radical (unpaired) electrons. The molecule has 0 saturated heterocycles. The van der Waals surface area contributed by atoms with E-state index < -0.39 is 0 Å². The van der Waals surface area contributed by atoms with Gasteiger partial charge in [0.1, 0.15) is 0 Å². The fourth-order valence-corrected chi connectivity index (χ4v) is 2.43. The summed E-state index contributed by atoms with van der Waals surface area (Å²) in [6, 6.07) is 0. The molecule has 0 aliphatic heterocycles. The summed E-state index contributed by atoms with van der Waals surface area (Å²) in [6.07, 6.45) is 18.4. The molecule has 0 saturated carbocycles. The molecule has 0 rings (SSSR count). The first-order valence-corrected chi connectivity index (χ1v) is 8.51. The van der Waals surface area contributed by atoms with Gasteiger partial charge < -0.3 is 5.73 Å². The SMILES string of the molecule is CCC(C)CCCCCCCCCCCCCN. The maximum absolute atomic E-state index is 5.48. The zero-order valence-electron chi connectivity index (χ0n) is 13.1. The average Bonchev–Trinajstić information content (AvgIpc) is 2.39. The van der Waals surface area contributed by atoms with Crippen molar-refractivity contribution in [3.05, 3.63) is 0 Å². The third-order valence-corrected chi connectivity index (χ3v) is 4.10. The van der Waals surface area contributed by atoms with E-state index >= 15 is 0 Å². The summed E-state index contributed by atoms with van der Waals surface area (Å²) >= 11 is 0. The fourth-order valence-electron chi connectivity index (χ4n) is 2.43. The van der Waals surface area contributed by atoms with E-state index in [0.29, 0.717) is 0 Å². The number of rotatable bonds is 14. The van der Waals surface area contributed by atoms with Crippen molar-refractivity contribution < 1.29 is 0 Å². The molecule has 0 spiro atoms. The molecule has 0 fully saturated rings. The molecule has 1 heteroatoms. The van der Waals surface area contributed by atoms with Gasteiger partial charge >= 0.3 is 0 Å². The highest BCUT2D eigenvalue weighted by atomic mass is 14.5. The third-order valence-electron chi connectivity index (χ3n) is 4.10. The molecule has 0 aliphatic rings. The highest BCUT2D eigenvalue weighted by Gasteiger charge is 1.98. The van der Waals surface area contributed by atoms with E-state index in [2.05, 4.69) is 13.8 Å². The summed E-state index contributed by atoms with van der Waals surface area (Å²) in [4.78, 5) is 0. The molecule has 0 heterocycles. The molecule has 1 unspecified atom stereocenters. The number of hydrogen-bond donors (Lipinski definition) is 1. The Bertz CT molecular complexity index is 145. The van der Waals surface area contributed by atoms with Crippen molar-refractivity contribution >= 4 is 0 Å². The van der Waals surface area contributed by atoms with Crippen LogP contribution in [0.5, 0.6) is 0 Å². The van der Waals surface area contributed by atoms with Gasteiger partial charge in [0.15, 0.2) is 0 Å². The van der Waals surface area contributed by atoms with E-state index in [-0.39, 0.29) is 0 Å². The molecular weight excluding hydrogens is 218 g/mol. The second-order valence-corrected chi connectivity index (χ2v) is 5.98. The first-order chi connectivity index (χ1) is 8.81. The lowest BCUT2D eigenvalue weighted by Crippen LogP contribution is -1.97. The Labute approximate surface area is 116 Å². The van der Waals surface area contributed by atoms with E-state index in [9.17, 15) is 0 Å². The van der Waals surface area contributed by atoms with Crippen LogP contribution in [0.4, 0.5) is 0 Å². The minimum Gasteiger partial charge on any atom is -0.330 e. The van der Waals surface area contributed by atoms with Gasteiger partial charge in [0.05, 0.1) is 0 Å². The zero-order valence-corrected chi connectivity index (χ0v) is 13.1. The van der Waals surface area contributed by atoms with Crippen LogP contribution in [0.25, 0.3) is 0 Å². The normalized spacial score (nSPS) is 12.8. The van der Waals surface area contributed by atoms with Crippen molar-refractivity contribution in [3.63, 3.8) is 0 Å². The summed E-state index contributed by atoms with van der Waals surface area (Å²) in [5.74, 6) is 0.943. The van der Waals surface area contributed by atoms with Crippen molar-refractivity contribution in [1.29, 1.82) is 0 Å². The number of nitrogens with two attached hydrogens (primary N) is 1. The molecule has 0 aliphatic carbocycles. The Kier molecular flexibility index (Phi) is 15.0. The Morgan fingerprint density at radius 2 is 1.06 bits per heavy atom. The average molecular weight is 255 g/mol. The molecule has 18 heavy (non-hydrogen) atoms. The van der Waals surface area contributed by atoms with Crippen LogP contribution >= 0.6 is 0 Å². The summed E-state index contributed by atoms with van der Waals surface area (Å²) in [7, 11) is 0. The van der Waals surface area contributed by atoms with Crippen LogP contribution in [0.1, 0.15) is 97.3 Å². The third kappa shape index (κ3) is 14.0. The smallest absolute Gasteiger partial charge is 0.00773 e. The van der Waals surface area contributed by atoms with Gasteiger partial charge in [-0.05, 0) is 18.9 Å². The van der Waals surface area contributed by atoms with Gasteiger partial charge in [-0.1, -0.05) is 90.9 Å². The quantitative estimate of drug-likeness (QED) is 0.397. The molecule has 0 aromatic carbocycles. The molecule has 2 N–H and O–H groups in total. The van der Waals surface area contributed by atoms with Crippen molar-refractivity contribution in [2.75, 3.05) is 6.54 Å². The largest absolute Gasteiger partial charge is 0.330 e. The first kappa shape index (κ1) is 18.0. The van der Waals surface area contributed by atoms with Crippen LogP contribution in [0.15, 0.2) is 0 Å². The molecule has 0 aromatic heterocycles. The van der Waals surface area contributed by atoms with Gasteiger partial charge in [-0.15, -0.1) is 0 Å². The van der Waals surface area contributed by atoms with Crippen molar-refractivity contribution in [2.45, 2.75) is 97.3 Å². The number of unbranched alkanes of at least 4 members (excludes halogenated alkanes) is 10. The predicted octanol–water partition coefficient (Wildman–Crippen LogP) is 5.67. The minimum absolute atomic E-state index is 0.872. The topological polar surface area (TPSA) is 26.0 Å². The van der Waals surface area contributed by atoms with E-state index in [1.54, 1.807) is 0 Å². The van der Waals surface area contributed by atoms with Gasteiger partial charge in [0, 0.05) is 0 Å². The highest BCUT2D eigenvalue weighted by molar-refractivity contribution is 4.52. The zero-order chi connectivity index (χ0) is 13.5. The lowest BCUT2D eigenvalue weighted by Gasteiger charge is -2.07. The molecule has 110 valence electrons. The monoisotopic (exact) mass is 255 g/mol. The van der Waals surface area contributed by atoms with Gasteiger partial charge in [-0.2, -0.15) is 0 Å². The van der Waals surface area contributed by atoms with Crippen molar-refractivity contribution in [1.82, 2.24) is 0 Å². The second kappa shape index (κ2) is 15.0. The number of hydrogen-bond acceptors (Lipinski definition) is 1. The lowest BCUT2D eigenvalue weighted by atomic mass is 9.99. The Morgan fingerprint density at radius 3 is 1.44 bits per heavy atom. The molecule has 1 atom stereocenters. The highest BCUT2D eigenvalue weighted by Crippen LogP contribution is 2.15. The molecule has 0 bridgehead atoms. The Morgan fingerprint density at radius 1 is 0.667 bits per heavy atom. The van der Waals surface area contributed by atoms with Gasteiger partial charge in [-0.25, -0.2) is 0 Å². The van der Waals surface area contributed by atoms with Gasteiger partial charge in [-0.3, -0.25) is 0 Å². The Hall–Kier alpha value is -0.0400. The Balaban J connectivity index is 2.94. The van der Waals surface area contributed by atoms with E-state index in [1.165, 1.54) is 83.5 Å². The maximum atomic E-state index is 5.48. The minimum atomic E-state index is 0.872. The predicted molar refractivity (Wildman–Crippen MR) is 83.9 cm³/mol. The lowest BCUT2D eigenvalue weighted by molar-refractivity contribution is 0.468. The summed E-state index contributed by atoms with van der Waals surface area (Å²) in [5.41, 5.74) is 5.48. The molecule has 1 nitrogen and oxygen atoms in total.